The van der Waals surface area contributed by atoms with Gasteiger partial charge < -0.3 is 9.80 Å². The Bertz CT molecular complexity index is 415. The number of piperidine rings is 1. The van der Waals surface area contributed by atoms with Crippen LogP contribution in [0.2, 0.25) is 0 Å². The Labute approximate surface area is 121 Å². The number of nitrogens with zero attached hydrogens (tertiary/aromatic N) is 2. The zero-order valence-corrected chi connectivity index (χ0v) is 12.7. The molecule has 2 unspecified atom stereocenters. The minimum Gasteiger partial charge on any atom is -0.329 e. The first kappa shape index (κ1) is 13.9. The van der Waals surface area contributed by atoms with Crippen LogP contribution in [0, 0.1) is 5.41 Å². The first-order valence-electron chi connectivity index (χ1n) is 8.13. The summed E-state index contributed by atoms with van der Waals surface area (Å²) in [6.45, 7) is 5.72. The van der Waals surface area contributed by atoms with E-state index in [1.807, 2.05) is 16.7 Å². The lowest BCUT2D eigenvalue weighted by Crippen LogP contribution is -2.66. The van der Waals surface area contributed by atoms with Crippen LogP contribution in [0.15, 0.2) is 0 Å². The summed E-state index contributed by atoms with van der Waals surface area (Å²) in [4.78, 5) is 29.0. The van der Waals surface area contributed by atoms with Gasteiger partial charge in [-0.05, 0) is 44.4 Å². The van der Waals surface area contributed by atoms with Gasteiger partial charge in [-0.3, -0.25) is 9.59 Å². The Morgan fingerprint density at radius 1 is 1.10 bits per heavy atom. The zero-order chi connectivity index (χ0) is 14.3. The summed E-state index contributed by atoms with van der Waals surface area (Å²) in [5.41, 5.74) is 0.223. The molecule has 0 aromatic rings. The number of hydrogen-bond donors (Lipinski definition) is 0. The fraction of sp³-hybridized carbons (Fsp3) is 0.875. The molecule has 0 spiro atoms. The Kier molecular flexibility index (Phi) is 3.51. The van der Waals surface area contributed by atoms with E-state index in [2.05, 4.69) is 6.92 Å². The Morgan fingerprint density at radius 3 is 2.50 bits per heavy atom. The third-order valence-corrected chi connectivity index (χ3v) is 5.54. The molecule has 20 heavy (non-hydrogen) atoms. The maximum atomic E-state index is 12.8. The number of amides is 2. The summed E-state index contributed by atoms with van der Waals surface area (Å²) in [6.07, 6.45) is 7.86. The molecular weight excluding hydrogens is 252 g/mol. The summed E-state index contributed by atoms with van der Waals surface area (Å²) >= 11 is 0. The van der Waals surface area contributed by atoms with Crippen LogP contribution in [0.25, 0.3) is 0 Å². The molecule has 3 aliphatic rings. The maximum Gasteiger partial charge on any atom is 0.246 e. The van der Waals surface area contributed by atoms with Gasteiger partial charge in [0.2, 0.25) is 11.8 Å². The molecule has 2 aliphatic heterocycles. The van der Waals surface area contributed by atoms with Gasteiger partial charge in [0.25, 0.3) is 0 Å². The van der Waals surface area contributed by atoms with Crippen molar-refractivity contribution in [3.63, 3.8) is 0 Å². The molecule has 0 aromatic heterocycles. The van der Waals surface area contributed by atoms with E-state index in [1.165, 1.54) is 25.7 Å². The molecule has 2 heterocycles. The monoisotopic (exact) mass is 278 g/mol. The number of fused-ring (bicyclic) bond motifs is 1. The van der Waals surface area contributed by atoms with Crippen LogP contribution >= 0.6 is 0 Å². The SMILES string of the molecule is CC1C(=O)N2CCCCC2C(=O)N1CC1(C)CCCC1. The standard InChI is InChI=1S/C16H26N2O2/c1-12-14(19)17-10-6-3-7-13(17)15(20)18(12)11-16(2)8-4-5-9-16/h12-13H,3-11H2,1-2H3. The molecule has 0 aromatic carbocycles. The van der Waals surface area contributed by atoms with Crippen LogP contribution in [0.5, 0.6) is 0 Å². The summed E-state index contributed by atoms with van der Waals surface area (Å²) in [5.74, 6) is 0.362. The second-order valence-corrected chi connectivity index (χ2v) is 7.20. The highest BCUT2D eigenvalue weighted by Gasteiger charge is 2.46. The van der Waals surface area contributed by atoms with Gasteiger partial charge in [-0.2, -0.15) is 0 Å². The van der Waals surface area contributed by atoms with Gasteiger partial charge >= 0.3 is 0 Å². The van der Waals surface area contributed by atoms with Crippen LogP contribution in [0.4, 0.5) is 0 Å². The van der Waals surface area contributed by atoms with Gasteiger partial charge in [-0.25, -0.2) is 0 Å². The van der Waals surface area contributed by atoms with E-state index < -0.39 is 0 Å². The van der Waals surface area contributed by atoms with Gasteiger partial charge in [-0.15, -0.1) is 0 Å². The van der Waals surface area contributed by atoms with Gasteiger partial charge in [-0.1, -0.05) is 19.8 Å². The number of piperazine rings is 1. The first-order chi connectivity index (χ1) is 9.52. The molecule has 4 heteroatoms. The third-order valence-electron chi connectivity index (χ3n) is 5.54. The van der Waals surface area contributed by atoms with Crippen molar-refractivity contribution in [2.45, 2.75) is 70.9 Å². The van der Waals surface area contributed by atoms with Gasteiger partial charge in [0.1, 0.15) is 12.1 Å². The highest BCUT2D eigenvalue weighted by Crippen LogP contribution is 2.39. The predicted molar refractivity (Wildman–Crippen MR) is 77.1 cm³/mol. The number of rotatable bonds is 2. The first-order valence-corrected chi connectivity index (χ1v) is 8.13. The highest BCUT2D eigenvalue weighted by molar-refractivity contribution is 5.97. The molecule has 1 aliphatic carbocycles. The van der Waals surface area contributed by atoms with Gasteiger partial charge in [0.15, 0.2) is 0 Å². The molecule has 3 rings (SSSR count). The van der Waals surface area contributed by atoms with E-state index in [0.29, 0.717) is 0 Å². The van der Waals surface area contributed by atoms with Crippen molar-refractivity contribution in [1.29, 1.82) is 0 Å². The van der Waals surface area contributed by atoms with Crippen LogP contribution in [-0.4, -0.2) is 46.8 Å². The lowest BCUT2D eigenvalue weighted by Gasteiger charge is -2.48. The van der Waals surface area contributed by atoms with Crippen molar-refractivity contribution < 1.29 is 9.59 Å². The normalized spacial score (nSPS) is 33.5. The fourth-order valence-corrected chi connectivity index (χ4v) is 4.22. The number of carbonyl (C=O) groups excluding carboxylic acids is 2. The Hall–Kier alpha value is -1.06. The van der Waals surface area contributed by atoms with E-state index >= 15 is 0 Å². The second kappa shape index (κ2) is 5.05. The summed E-state index contributed by atoms with van der Waals surface area (Å²) in [7, 11) is 0. The smallest absolute Gasteiger partial charge is 0.246 e. The van der Waals surface area contributed by atoms with Crippen LogP contribution in [0.3, 0.4) is 0 Å². The van der Waals surface area contributed by atoms with Crippen LogP contribution in [-0.2, 0) is 9.59 Å². The van der Waals surface area contributed by atoms with E-state index in [-0.39, 0.29) is 29.3 Å². The predicted octanol–water partition coefficient (Wildman–Crippen LogP) is 2.18. The molecule has 3 fully saturated rings. The minimum absolute atomic E-state index is 0.163. The van der Waals surface area contributed by atoms with Crippen molar-refractivity contribution in [3.8, 4) is 0 Å². The van der Waals surface area contributed by atoms with Crippen molar-refractivity contribution >= 4 is 11.8 Å². The van der Waals surface area contributed by atoms with Crippen molar-refractivity contribution in [2.75, 3.05) is 13.1 Å². The molecule has 0 radical (unpaired) electrons. The Balaban J connectivity index is 1.79. The Morgan fingerprint density at radius 2 is 1.80 bits per heavy atom. The molecule has 2 amide bonds. The lowest BCUT2D eigenvalue weighted by atomic mass is 9.86. The quantitative estimate of drug-likeness (QED) is 0.777. The molecule has 1 saturated carbocycles. The molecule has 0 bridgehead atoms. The zero-order valence-electron chi connectivity index (χ0n) is 12.7. The molecule has 4 nitrogen and oxygen atoms in total. The molecular formula is C16H26N2O2. The van der Waals surface area contributed by atoms with E-state index in [9.17, 15) is 9.59 Å². The third kappa shape index (κ3) is 2.23. The highest BCUT2D eigenvalue weighted by atomic mass is 16.2. The van der Waals surface area contributed by atoms with E-state index in [4.69, 9.17) is 0 Å². The van der Waals surface area contributed by atoms with Crippen molar-refractivity contribution in [3.05, 3.63) is 0 Å². The second-order valence-electron chi connectivity index (χ2n) is 7.20. The lowest BCUT2D eigenvalue weighted by molar-refractivity contribution is -0.164. The number of hydrogen-bond acceptors (Lipinski definition) is 2. The molecule has 2 atom stereocenters. The maximum absolute atomic E-state index is 12.8. The van der Waals surface area contributed by atoms with Crippen molar-refractivity contribution in [1.82, 2.24) is 9.80 Å². The van der Waals surface area contributed by atoms with Gasteiger partial charge in [0.05, 0.1) is 0 Å². The van der Waals surface area contributed by atoms with Crippen LogP contribution in [0.1, 0.15) is 58.8 Å². The molecule has 112 valence electrons. The fourth-order valence-electron chi connectivity index (χ4n) is 4.22. The average Bonchev–Trinajstić information content (AvgIpc) is 2.88. The number of carbonyl (C=O) groups is 2. The summed E-state index contributed by atoms with van der Waals surface area (Å²) in [6, 6.07) is -0.438. The van der Waals surface area contributed by atoms with Gasteiger partial charge in [0, 0.05) is 13.1 Å². The minimum atomic E-state index is -0.269. The summed E-state index contributed by atoms with van der Waals surface area (Å²) < 4.78 is 0. The largest absolute Gasteiger partial charge is 0.329 e. The topological polar surface area (TPSA) is 40.6 Å². The van der Waals surface area contributed by atoms with E-state index in [1.54, 1.807) is 0 Å². The van der Waals surface area contributed by atoms with E-state index in [0.717, 1.165) is 32.4 Å². The summed E-state index contributed by atoms with van der Waals surface area (Å²) in [5, 5.41) is 0. The average molecular weight is 278 g/mol. The molecule has 2 saturated heterocycles. The van der Waals surface area contributed by atoms with Crippen LogP contribution < -0.4 is 0 Å². The van der Waals surface area contributed by atoms with Crippen molar-refractivity contribution in [2.24, 2.45) is 5.41 Å². The molecule has 0 N–H and O–H groups in total.